The van der Waals surface area contributed by atoms with Gasteiger partial charge in [-0.05, 0) is 50.0 Å². The third-order valence-electron chi connectivity index (χ3n) is 6.24. The number of fused-ring (bicyclic) bond motifs is 1. The second-order valence-electron chi connectivity index (χ2n) is 8.54. The van der Waals surface area contributed by atoms with Crippen LogP contribution in [0.15, 0.2) is 81.9 Å². The van der Waals surface area contributed by atoms with Crippen molar-refractivity contribution in [2.45, 2.75) is 38.4 Å². The third kappa shape index (κ3) is 5.81. The maximum absolute atomic E-state index is 13.4. The summed E-state index contributed by atoms with van der Waals surface area (Å²) < 4.78 is 17.6. The van der Waals surface area contributed by atoms with Crippen molar-refractivity contribution in [3.05, 3.63) is 94.0 Å². The monoisotopic (exact) mass is 477 g/mol. The second-order valence-corrected chi connectivity index (χ2v) is 8.54. The van der Waals surface area contributed by atoms with Crippen LogP contribution >= 0.6 is 0 Å². The number of ether oxygens (including phenoxy) is 2. The fourth-order valence-electron chi connectivity index (χ4n) is 4.50. The molecular weight excluding hydrogens is 446 g/mol. The van der Waals surface area contributed by atoms with Gasteiger partial charge in [-0.15, -0.1) is 0 Å². The van der Waals surface area contributed by atoms with Gasteiger partial charge in [0.2, 0.25) is 6.29 Å². The van der Waals surface area contributed by atoms with Crippen LogP contribution in [-0.4, -0.2) is 37.1 Å². The zero-order valence-corrected chi connectivity index (χ0v) is 19.8. The van der Waals surface area contributed by atoms with Gasteiger partial charge in [0.25, 0.3) is 5.91 Å². The number of carbonyl (C=O) groups excluding carboxylic acids is 1. The molecule has 0 spiro atoms. The molecule has 0 radical (unpaired) electrons. The van der Waals surface area contributed by atoms with Gasteiger partial charge in [0.1, 0.15) is 5.58 Å². The Bertz CT molecular complexity index is 1220. The lowest BCUT2D eigenvalue weighted by atomic mass is 9.81. The maximum atomic E-state index is 13.4. The number of carbonyl (C=O) groups is 1. The van der Waals surface area contributed by atoms with E-state index in [9.17, 15) is 14.7 Å². The van der Waals surface area contributed by atoms with Crippen molar-refractivity contribution in [3.8, 4) is 0 Å². The van der Waals surface area contributed by atoms with Crippen molar-refractivity contribution in [2.75, 3.05) is 19.8 Å². The maximum Gasteiger partial charge on any atom is 0.286 e. The van der Waals surface area contributed by atoms with E-state index in [-0.39, 0.29) is 29.6 Å². The van der Waals surface area contributed by atoms with Gasteiger partial charge in [-0.3, -0.25) is 9.59 Å². The number of hydrogen-bond acceptors (Lipinski definition) is 6. The van der Waals surface area contributed by atoms with Crippen molar-refractivity contribution >= 4 is 16.9 Å². The normalized spacial score (nSPS) is 19.7. The molecule has 3 atom stereocenters. The Hall–Kier alpha value is -3.42. The van der Waals surface area contributed by atoms with Gasteiger partial charge in [0.05, 0.1) is 11.6 Å². The summed E-state index contributed by atoms with van der Waals surface area (Å²) in [6.07, 6.45) is 4.18. The molecule has 1 aliphatic heterocycles. The van der Waals surface area contributed by atoms with E-state index < -0.39 is 12.2 Å². The van der Waals surface area contributed by atoms with Crippen LogP contribution in [-0.2, 0) is 20.7 Å². The first-order valence-corrected chi connectivity index (χ1v) is 12.1. The van der Waals surface area contributed by atoms with Gasteiger partial charge >= 0.3 is 0 Å². The van der Waals surface area contributed by atoms with Gasteiger partial charge in [-0.2, -0.15) is 0 Å². The van der Waals surface area contributed by atoms with Gasteiger partial charge in [-0.1, -0.05) is 42.5 Å². The van der Waals surface area contributed by atoms with Crippen LogP contribution in [0.25, 0.3) is 11.0 Å². The van der Waals surface area contributed by atoms with Gasteiger partial charge in [-0.25, -0.2) is 0 Å². The zero-order valence-electron chi connectivity index (χ0n) is 19.8. The third-order valence-corrected chi connectivity index (χ3v) is 6.24. The van der Waals surface area contributed by atoms with Crippen molar-refractivity contribution < 1.29 is 23.8 Å². The Kier molecular flexibility index (Phi) is 8.34. The summed E-state index contributed by atoms with van der Waals surface area (Å²) in [4.78, 5) is 26.4. The highest BCUT2D eigenvalue weighted by Gasteiger charge is 2.39. The molecule has 35 heavy (non-hydrogen) atoms. The minimum atomic E-state index is -0.734. The minimum absolute atomic E-state index is 0.00490. The number of hydrogen-bond donors (Lipinski definition) is 2. The second kappa shape index (κ2) is 11.8. The van der Waals surface area contributed by atoms with E-state index in [1.807, 2.05) is 43.3 Å². The highest BCUT2D eigenvalue weighted by atomic mass is 16.7. The molecule has 0 fully saturated rings. The topological polar surface area (TPSA) is 98.0 Å². The number of aliphatic hydroxyl groups excluding tert-OH is 1. The smallest absolute Gasteiger partial charge is 0.286 e. The summed E-state index contributed by atoms with van der Waals surface area (Å²) in [5.41, 5.74) is 1.91. The largest absolute Gasteiger partial charge is 0.464 e. The molecule has 2 heterocycles. The van der Waals surface area contributed by atoms with Crippen molar-refractivity contribution in [3.63, 3.8) is 0 Å². The van der Waals surface area contributed by atoms with E-state index in [0.717, 1.165) is 5.56 Å². The molecule has 2 N–H and O–H groups in total. The highest BCUT2D eigenvalue weighted by Crippen LogP contribution is 2.38. The molecule has 1 aliphatic rings. The molecule has 0 bridgehead atoms. The predicted molar refractivity (Wildman–Crippen MR) is 133 cm³/mol. The molecule has 4 rings (SSSR count). The number of allylic oxidation sites excluding steroid dienone is 1. The van der Waals surface area contributed by atoms with Crippen molar-refractivity contribution in [1.29, 1.82) is 0 Å². The Morgan fingerprint density at radius 1 is 1.11 bits per heavy atom. The fourth-order valence-corrected chi connectivity index (χ4v) is 4.50. The van der Waals surface area contributed by atoms with Crippen LogP contribution < -0.4 is 10.7 Å². The average molecular weight is 478 g/mol. The first kappa shape index (κ1) is 24.7. The lowest BCUT2D eigenvalue weighted by Gasteiger charge is -2.36. The summed E-state index contributed by atoms with van der Waals surface area (Å²) in [5, 5.41) is 12.8. The fraction of sp³-hybridized carbons (Fsp3) is 0.357. The standard InChI is InChI=1S/C28H31NO6/c1-2-33-28-20(12-8-16-30)22(23-18-34-24-13-7-6-11-21(24)26(23)31)17-25(35-28)27(32)29-15-14-19-9-4-3-5-10-19/h3-7,9-11,13,17-18,20,22,28,30H,2,8,12,14-16H2,1H3,(H,29,32)/t20-,22+,28-/m1/s1. The Morgan fingerprint density at radius 3 is 2.66 bits per heavy atom. The molecule has 0 unspecified atom stereocenters. The first-order chi connectivity index (χ1) is 17.1. The Morgan fingerprint density at radius 2 is 1.89 bits per heavy atom. The first-order valence-electron chi connectivity index (χ1n) is 12.1. The van der Waals surface area contributed by atoms with E-state index >= 15 is 0 Å². The zero-order chi connectivity index (χ0) is 24.6. The molecule has 0 saturated carbocycles. The highest BCUT2D eigenvalue weighted by molar-refractivity contribution is 5.91. The van der Waals surface area contributed by atoms with Gasteiger partial charge in [0.15, 0.2) is 11.2 Å². The molecule has 2 aromatic carbocycles. The summed E-state index contributed by atoms with van der Waals surface area (Å²) >= 11 is 0. The van der Waals surface area contributed by atoms with Crippen LogP contribution in [0.2, 0.25) is 0 Å². The Labute approximate surface area is 204 Å². The number of amides is 1. The van der Waals surface area contributed by atoms with Crippen LogP contribution in [0.4, 0.5) is 0 Å². The van der Waals surface area contributed by atoms with Crippen LogP contribution in [0, 0.1) is 5.92 Å². The minimum Gasteiger partial charge on any atom is -0.464 e. The molecule has 1 aromatic heterocycles. The molecule has 0 saturated heterocycles. The number of para-hydroxylation sites is 1. The SMILES string of the molecule is CCO[C@@H]1OC(C(=O)NCCc2ccccc2)=C[C@H](c2coc3ccccc3c2=O)[C@H]1CCCO. The number of nitrogens with one attached hydrogen (secondary N) is 1. The van der Waals surface area contributed by atoms with Crippen LogP contribution in [0.1, 0.15) is 36.8 Å². The molecule has 7 nitrogen and oxygen atoms in total. The summed E-state index contributed by atoms with van der Waals surface area (Å²) in [6.45, 7) is 2.68. The summed E-state index contributed by atoms with van der Waals surface area (Å²) in [7, 11) is 0. The van der Waals surface area contributed by atoms with E-state index in [1.54, 1.807) is 24.3 Å². The molecule has 184 valence electrons. The summed E-state index contributed by atoms with van der Waals surface area (Å²) in [6, 6.07) is 17.0. The lowest BCUT2D eigenvalue weighted by molar-refractivity contribution is -0.166. The lowest BCUT2D eigenvalue weighted by Crippen LogP contribution is -2.40. The van der Waals surface area contributed by atoms with Gasteiger partial charge in [0, 0.05) is 37.2 Å². The van der Waals surface area contributed by atoms with E-state index in [2.05, 4.69) is 5.32 Å². The van der Waals surface area contributed by atoms with Gasteiger partial charge < -0.3 is 24.3 Å². The predicted octanol–water partition coefficient (Wildman–Crippen LogP) is 3.90. The van der Waals surface area contributed by atoms with E-state index in [1.165, 1.54) is 6.26 Å². The Balaban J connectivity index is 1.64. The molecular formula is C28H31NO6. The molecule has 1 amide bonds. The van der Waals surface area contributed by atoms with Crippen LogP contribution in [0.5, 0.6) is 0 Å². The number of rotatable bonds is 10. The van der Waals surface area contributed by atoms with E-state index in [4.69, 9.17) is 13.9 Å². The molecule has 3 aromatic rings. The van der Waals surface area contributed by atoms with E-state index in [0.29, 0.717) is 48.9 Å². The summed E-state index contributed by atoms with van der Waals surface area (Å²) in [5.74, 6) is -0.981. The van der Waals surface area contributed by atoms with Crippen LogP contribution in [0.3, 0.4) is 0 Å². The number of aliphatic hydroxyl groups is 1. The quantitative estimate of drug-likeness (QED) is 0.460. The molecule has 7 heteroatoms. The number of benzene rings is 2. The molecule has 0 aliphatic carbocycles. The average Bonchev–Trinajstić information content (AvgIpc) is 2.89. The van der Waals surface area contributed by atoms with Crippen molar-refractivity contribution in [2.24, 2.45) is 5.92 Å². The van der Waals surface area contributed by atoms with Crippen molar-refractivity contribution in [1.82, 2.24) is 5.32 Å².